The molecule has 1 aromatic heterocycles. The first-order valence-corrected chi connectivity index (χ1v) is 7.87. The molecule has 1 aliphatic heterocycles. The normalized spacial score (nSPS) is 22.8. The minimum atomic E-state index is -2.90. The van der Waals surface area contributed by atoms with Gasteiger partial charge in [-0.1, -0.05) is 0 Å². The fourth-order valence-corrected chi connectivity index (χ4v) is 3.66. The molecule has 0 amide bonds. The maximum Gasteiger partial charge on any atom is 0.154 e. The zero-order valence-corrected chi connectivity index (χ0v) is 11.4. The zero-order valence-electron chi connectivity index (χ0n) is 10.6. The summed E-state index contributed by atoms with van der Waals surface area (Å²) >= 11 is 0. The molecule has 0 spiro atoms. The number of hydrogen-bond acceptors (Lipinski definition) is 6. The average Bonchev–Trinajstić information content (AvgIpc) is 2.28. The van der Waals surface area contributed by atoms with E-state index in [1.807, 2.05) is 18.7 Å². The molecule has 100 valence electrons. The third-order valence-corrected chi connectivity index (χ3v) is 4.74. The van der Waals surface area contributed by atoms with Gasteiger partial charge in [-0.15, -0.1) is 0 Å². The number of nitrogens with one attached hydrogen (secondary N) is 1. The highest BCUT2D eigenvalue weighted by Crippen LogP contribution is 2.19. The van der Waals surface area contributed by atoms with Crippen LogP contribution in [-0.4, -0.2) is 49.0 Å². The van der Waals surface area contributed by atoms with Crippen LogP contribution in [0.1, 0.15) is 13.8 Å². The SMILES string of the molecule is CCNc1cncc(N2CCS(=O)(=O)CC2C)n1. The summed E-state index contributed by atoms with van der Waals surface area (Å²) in [5.41, 5.74) is 0. The first-order chi connectivity index (χ1) is 8.52. The summed E-state index contributed by atoms with van der Waals surface area (Å²) in [4.78, 5) is 10.6. The predicted molar refractivity (Wildman–Crippen MR) is 71.7 cm³/mol. The predicted octanol–water partition coefficient (Wildman–Crippen LogP) is 0.532. The summed E-state index contributed by atoms with van der Waals surface area (Å²) in [6, 6.07) is -0.0603. The lowest BCUT2D eigenvalue weighted by molar-refractivity contribution is 0.566. The summed E-state index contributed by atoms with van der Waals surface area (Å²) in [6.07, 6.45) is 3.34. The highest BCUT2D eigenvalue weighted by atomic mass is 32.2. The van der Waals surface area contributed by atoms with Crippen molar-refractivity contribution in [2.45, 2.75) is 19.9 Å². The van der Waals surface area contributed by atoms with Gasteiger partial charge in [0.05, 0.1) is 23.9 Å². The Bertz CT molecular complexity index is 518. The maximum absolute atomic E-state index is 11.5. The van der Waals surface area contributed by atoms with E-state index in [1.165, 1.54) is 0 Å². The van der Waals surface area contributed by atoms with Crippen molar-refractivity contribution in [1.29, 1.82) is 0 Å². The first-order valence-electron chi connectivity index (χ1n) is 6.05. The third-order valence-electron chi connectivity index (χ3n) is 2.94. The summed E-state index contributed by atoms with van der Waals surface area (Å²) in [6.45, 7) is 5.15. The fourth-order valence-electron chi connectivity index (χ4n) is 2.10. The smallest absolute Gasteiger partial charge is 0.154 e. The van der Waals surface area contributed by atoms with Gasteiger partial charge < -0.3 is 10.2 Å². The fraction of sp³-hybridized carbons (Fsp3) is 0.636. The quantitative estimate of drug-likeness (QED) is 0.863. The van der Waals surface area contributed by atoms with Gasteiger partial charge >= 0.3 is 0 Å². The van der Waals surface area contributed by atoms with Gasteiger partial charge in [-0.05, 0) is 13.8 Å². The Morgan fingerprint density at radius 3 is 2.94 bits per heavy atom. The molecule has 1 N–H and O–H groups in total. The summed E-state index contributed by atoms with van der Waals surface area (Å²) in [7, 11) is -2.90. The highest BCUT2D eigenvalue weighted by Gasteiger charge is 2.29. The van der Waals surface area contributed by atoms with Gasteiger partial charge in [0.25, 0.3) is 0 Å². The van der Waals surface area contributed by atoms with Crippen molar-refractivity contribution in [3.05, 3.63) is 12.4 Å². The Morgan fingerprint density at radius 1 is 1.50 bits per heavy atom. The lowest BCUT2D eigenvalue weighted by Gasteiger charge is -2.33. The molecule has 1 saturated heterocycles. The van der Waals surface area contributed by atoms with Gasteiger partial charge in [-0.2, -0.15) is 0 Å². The second-order valence-corrected chi connectivity index (χ2v) is 6.68. The molecule has 0 aliphatic carbocycles. The molecule has 2 heterocycles. The van der Waals surface area contributed by atoms with Gasteiger partial charge in [-0.25, -0.2) is 13.4 Å². The van der Waals surface area contributed by atoms with E-state index in [4.69, 9.17) is 0 Å². The van der Waals surface area contributed by atoms with Crippen LogP contribution in [-0.2, 0) is 9.84 Å². The van der Waals surface area contributed by atoms with Crippen molar-refractivity contribution in [3.8, 4) is 0 Å². The van der Waals surface area contributed by atoms with Crippen LogP contribution < -0.4 is 10.2 Å². The first kappa shape index (κ1) is 13.1. The number of anilines is 2. The maximum atomic E-state index is 11.5. The van der Waals surface area contributed by atoms with E-state index < -0.39 is 9.84 Å². The molecule has 1 atom stereocenters. The Kier molecular flexibility index (Phi) is 3.70. The van der Waals surface area contributed by atoms with Crippen LogP contribution in [0.15, 0.2) is 12.4 Å². The molecule has 6 nitrogen and oxygen atoms in total. The van der Waals surface area contributed by atoms with Crippen molar-refractivity contribution in [3.63, 3.8) is 0 Å². The molecule has 1 aromatic rings. The molecule has 2 rings (SSSR count). The number of sulfone groups is 1. The van der Waals surface area contributed by atoms with Crippen molar-refractivity contribution in [2.75, 3.05) is 34.8 Å². The monoisotopic (exact) mass is 270 g/mol. The van der Waals surface area contributed by atoms with E-state index in [-0.39, 0.29) is 17.5 Å². The van der Waals surface area contributed by atoms with Crippen LogP contribution >= 0.6 is 0 Å². The zero-order chi connectivity index (χ0) is 13.2. The topological polar surface area (TPSA) is 75.2 Å². The Morgan fingerprint density at radius 2 is 2.28 bits per heavy atom. The van der Waals surface area contributed by atoms with Gasteiger partial charge in [0.15, 0.2) is 9.84 Å². The Hall–Kier alpha value is -1.37. The van der Waals surface area contributed by atoms with Gasteiger partial charge in [0.2, 0.25) is 0 Å². The molecule has 0 aromatic carbocycles. The van der Waals surface area contributed by atoms with Gasteiger partial charge in [0.1, 0.15) is 11.6 Å². The molecular formula is C11H18N4O2S. The summed E-state index contributed by atoms with van der Waals surface area (Å²) in [5.74, 6) is 1.82. The van der Waals surface area contributed by atoms with Crippen molar-refractivity contribution < 1.29 is 8.42 Å². The van der Waals surface area contributed by atoms with Crippen LogP contribution in [0.5, 0.6) is 0 Å². The van der Waals surface area contributed by atoms with Gasteiger partial charge in [-0.3, -0.25) is 4.98 Å². The van der Waals surface area contributed by atoms with E-state index in [1.54, 1.807) is 12.4 Å². The van der Waals surface area contributed by atoms with E-state index in [0.717, 1.165) is 18.2 Å². The molecule has 7 heteroatoms. The Balaban J connectivity index is 2.19. The molecule has 1 aliphatic rings. The molecule has 1 unspecified atom stereocenters. The molecule has 1 fully saturated rings. The lowest BCUT2D eigenvalue weighted by Crippen LogP contribution is -2.47. The number of hydrogen-bond donors (Lipinski definition) is 1. The van der Waals surface area contributed by atoms with Crippen LogP contribution in [0, 0.1) is 0 Å². The van der Waals surface area contributed by atoms with E-state index in [2.05, 4.69) is 15.3 Å². The van der Waals surface area contributed by atoms with E-state index in [0.29, 0.717) is 6.54 Å². The van der Waals surface area contributed by atoms with Crippen molar-refractivity contribution in [1.82, 2.24) is 9.97 Å². The Labute approximate surface area is 107 Å². The molecule has 0 saturated carbocycles. The van der Waals surface area contributed by atoms with Crippen LogP contribution in [0.25, 0.3) is 0 Å². The number of rotatable bonds is 3. The van der Waals surface area contributed by atoms with Crippen LogP contribution in [0.4, 0.5) is 11.6 Å². The summed E-state index contributed by atoms with van der Waals surface area (Å²) < 4.78 is 23.1. The number of aromatic nitrogens is 2. The molecular weight excluding hydrogens is 252 g/mol. The van der Waals surface area contributed by atoms with Gasteiger partial charge in [0, 0.05) is 19.1 Å². The molecule has 0 radical (unpaired) electrons. The number of nitrogens with zero attached hydrogens (tertiary/aromatic N) is 3. The highest BCUT2D eigenvalue weighted by molar-refractivity contribution is 7.91. The van der Waals surface area contributed by atoms with Crippen molar-refractivity contribution in [2.24, 2.45) is 0 Å². The largest absolute Gasteiger partial charge is 0.369 e. The summed E-state index contributed by atoms with van der Waals surface area (Å²) in [5, 5.41) is 3.10. The standard InChI is InChI=1S/C11H18N4O2S/c1-3-13-10-6-12-7-11(14-10)15-4-5-18(16,17)8-9(15)2/h6-7,9H,3-5,8H2,1-2H3,(H,13,14). The van der Waals surface area contributed by atoms with Crippen LogP contribution in [0.2, 0.25) is 0 Å². The third kappa shape index (κ3) is 2.90. The van der Waals surface area contributed by atoms with Crippen molar-refractivity contribution >= 4 is 21.5 Å². The molecule has 18 heavy (non-hydrogen) atoms. The molecule has 0 bridgehead atoms. The van der Waals surface area contributed by atoms with Crippen LogP contribution in [0.3, 0.4) is 0 Å². The minimum absolute atomic E-state index is 0.0603. The van der Waals surface area contributed by atoms with E-state index in [9.17, 15) is 8.42 Å². The lowest BCUT2D eigenvalue weighted by atomic mass is 10.3. The second kappa shape index (κ2) is 5.09. The second-order valence-electron chi connectivity index (χ2n) is 4.45. The minimum Gasteiger partial charge on any atom is -0.369 e. The van der Waals surface area contributed by atoms with E-state index >= 15 is 0 Å². The average molecular weight is 270 g/mol.